The quantitative estimate of drug-likeness (QED) is 0.575. The smallest absolute Gasteiger partial charge is 0.223 e. The highest BCUT2D eigenvalue weighted by atomic mass is 16.5. The molecule has 1 fully saturated rings. The topological polar surface area (TPSA) is 75.3 Å². The Kier molecular flexibility index (Phi) is 3.07. The van der Waals surface area contributed by atoms with Crippen LogP contribution in [0.2, 0.25) is 0 Å². The van der Waals surface area contributed by atoms with Gasteiger partial charge in [0.1, 0.15) is 0 Å². The summed E-state index contributed by atoms with van der Waals surface area (Å²) in [5, 5.41) is 10.3. The number of rotatable bonds is 3. The van der Waals surface area contributed by atoms with Gasteiger partial charge in [-0.1, -0.05) is 12.1 Å². The van der Waals surface area contributed by atoms with Gasteiger partial charge in [0.25, 0.3) is 0 Å². The van der Waals surface area contributed by atoms with E-state index in [1.54, 1.807) is 14.0 Å². The summed E-state index contributed by atoms with van der Waals surface area (Å²) in [5.74, 6) is 2.75. The lowest BCUT2D eigenvalue weighted by Gasteiger charge is -2.09. The molecule has 88 valence electrons. The minimum absolute atomic E-state index is 0.526. The van der Waals surface area contributed by atoms with Crippen molar-refractivity contribution in [3.63, 3.8) is 0 Å². The van der Waals surface area contributed by atoms with Gasteiger partial charge in [0, 0.05) is 20.0 Å². The molecule has 16 heavy (non-hydrogen) atoms. The third-order valence-electron chi connectivity index (χ3n) is 2.64. The van der Waals surface area contributed by atoms with E-state index in [1.807, 2.05) is 0 Å². The third-order valence-corrected chi connectivity index (χ3v) is 2.64. The van der Waals surface area contributed by atoms with E-state index < -0.39 is 0 Å². The summed E-state index contributed by atoms with van der Waals surface area (Å²) >= 11 is 0. The monoisotopic (exact) mass is 223 g/mol. The first kappa shape index (κ1) is 10.9. The molecule has 1 saturated carbocycles. The third kappa shape index (κ3) is 2.71. The van der Waals surface area contributed by atoms with Gasteiger partial charge in [-0.2, -0.15) is 4.98 Å². The Morgan fingerprint density at radius 3 is 2.88 bits per heavy atom. The highest BCUT2D eigenvalue weighted by molar-refractivity contribution is 5.80. The molecule has 6 heteroatoms. The van der Waals surface area contributed by atoms with Crippen molar-refractivity contribution >= 4 is 5.96 Å². The van der Waals surface area contributed by atoms with Crippen LogP contribution in [0.15, 0.2) is 9.52 Å². The number of aromatic nitrogens is 2. The molecule has 1 aliphatic rings. The fourth-order valence-electron chi connectivity index (χ4n) is 1.47. The van der Waals surface area contributed by atoms with E-state index in [9.17, 15) is 0 Å². The second kappa shape index (κ2) is 4.51. The van der Waals surface area contributed by atoms with Crippen LogP contribution in [-0.2, 0) is 6.54 Å². The predicted octanol–water partition coefficient (Wildman–Crippen LogP) is 0.451. The molecular formula is C10H17N5O. The Labute approximate surface area is 94.5 Å². The maximum atomic E-state index is 4.88. The molecule has 1 heterocycles. The Hall–Kier alpha value is -1.59. The van der Waals surface area contributed by atoms with Crippen molar-refractivity contribution in [3.8, 4) is 0 Å². The molecule has 2 atom stereocenters. The number of aliphatic imine (C=N–C) groups is 1. The van der Waals surface area contributed by atoms with Crippen LogP contribution in [0.1, 0.15) is 25.1 Å². The minimum atomic E-state index is 0.526. The standard InChI is InChI=1S/C10H17N5O/c1-6-4-8(6)14-10(11-3)12-5-9-13-7(2)16-15-9/h6,8H,4-5H2,1-3H3,(H2,11,12,14). The van der Waals surface area contributed by atoms with Crippen LogP contribution in [-0.4, -0.2) is 29.2 Å². The summed E-state index contributed by atoms with van der Waals surface area (Å²) in [6.07, 6.45) is 1.21. The van der Waals surface area contributed by atoms with Crippen LogP contribution >= 0.6 is 0 Å². The lowest BCUT2D eigenvalue weighted by Crippen LogP contribution is -2.38. The Bertz CT molecular complexity index is 386. The zero-order chi connectivity index (χ0) is 11.5. The lowest BCUT2D eigenvalue weighted by molar-refractivity contribution is 0.387. The van der Waals surface area contributed by atoms with Gasteiger partial charge in [-0.15, -0.1) is 0 Å². The first-order valence-electron chi connectivity index (χ1n) is 5.45. The van der Waals surface area contributed by atoms with Gasteiger partial charge < -0.3 is 15.2 Å². The van der Waals surface area contributed by atoms with Gasteiger partial charge in [0.15, 0.2) is 11.8 Å². The van der Waals surface area contributed by atoms with E-state index in [0.29, 0.717) is 24.3 Å². The maximum absolute atomic E-state index is 4.88. The summed E-state index contributed by atoms with van der Waals surface area (Å²) in [7, 11) is 1.75. The summed E-state index contributed by atoms with van der Waals surface area (Å²) in [6, 6.07) is 0.554. The normalized spacial score (nSPS) is 24.3. The van der Waals surface area contributed by atoms with E-state index in [4.69, 9.17) is 4.52 Å². The molecule has 0 spiro atoms. The molecule has 2 unspecified atom stereocenters. The van der Waals surface area contributed by atoms with Crippen molar-refractivity contribution in [2.45, 2.75) is 32.9 Å². The fourth-order valence-corrected chi connectivity index (χ4v) is 1.47. The van der Waals surface area contributed by atoms with Crippen LogP contribution < -0.4 is 10.6 Å². The lowest BCUT2D eigenvalue weighted by atomic mass is 10.5. The van der Waals surface area contributed by atoms with Crippen molar-refractivity contribution in [2.75, 3.05) is 7.05 Å². The van der Waals surface area contributed by atoms with E-state index in [2.05, 4.69) is 32.7 Å². The van der Waals surface area contributed by atoms with Gasteiger partial charge in [-0.05, 0) is 12.3 Å². The van der Waals surface area contributed by atoms with Gasteiger partial charge >= 0.3 is 0 Å². The van der Waals surface area contributed by atoms with Crippen LogP contribution in [0.3, 0.4) is 0 Å². The number of nitrogens with zero attached hydrogens (tertiary/aromatic N) is 3. The van der Waals surface area contributed by atoms with E-state index in [-0.39, 0.29) is 0 Å². The van der Waals surface area contributed by atoms with Crippen molar-refractivity contribution < 1.29 is 4.52 Å². The van der Waals surface area contributed by atoms with Gasteiger partial charge in [-0.3, -0.25) is 4.99 Å². The SMILES string of the molecule is CN=C(NCc1noc(C)n1)NC1CC1C. The molecule has 1 aromatic heterocycles. The van der Waals surface area contributed by atoms with Gasteiger partial charge in [0.2, 0.25) is 5.89 Å². The average molecular weight is 223 g/mol. The summed E-state index contributed by atoms with van der Waals surface area (Å²) < 4.78 is 4.88. The molecule has 1 aromatic rings. The molecule has 0 bridgehead atoms. The summed E-state index contributed by atoms with van der Waals surface area (Å²) in [5.41, 5.74) is 0. The molecule has 6 nitrogen and oxygen atoms in total. The Balaban J connectivity index is 1.79. The Morgan fingerprint density at radius 2 is 2.38 bits per heavy atom. The molecule has 0 saturated heterocycles. The number of hydrogen-bond acceptors (Lipinski definition) is 4. The number of aryl methyl sites for hydroxylation is 1. The van der Waals surface area contributed by atoms with Gasteiger partial charge in [-0.25, -0.2) is 0 Å². The molecular weight excluding hydrogens is 206 g/mol. The van der Waals surface area contributed by atoms with Crippen molar-refractivity contribution in [1.29, 1.82) is 0 Å². The maximum Gasteiger partial charge on any atom is 0.223 e. The molecule has 0 aliphatic heterocycles. The van der Waals surface area contributed by atoms with Crippen LogP contribution in [0.4, 0.5) is 0 Å². The Morgan fingerprint density at radius 1 is 1.62 bits per heavy atom. The molecule has 1 aliphatic carbocycles. The molecule has 2 rings (SSSR count). The zero-order valence-corrected chi connectivity index (χ0v) is 9.82. The molecule has 0 radical (unpaired) electrons. The van der Waals surface area contributed by atoms with Crippen LogP contribution in [0.5, 0.6) is 0 Å². The predicted molar refractivity (Wildman–Crippen MR) is 59.9 cm³/mol. The summed E-state index contributed by atoms with van der Waals surface area (Å²) in [4.78, 5) is 8.24. The van der Waals surface area contributed by atoms with Crippen LogP contribution in [0, 0.1) is 12.8 Å². The van der Waals surface area contributed by atoms with Crippen molar-refractivity contribution in [1.82, 2.24) is 20.8 Å². The second-order valence-electron chi connectivity index (χ2n) is 4.12. The molecule has 2 N–H and O–H groups in total. The van der Waals surface area contributed by atoms with E-state index in [0.717, 1.165) is 11.9 Å². The number of nitrogens with one attached hydrogen (secondary N) is 2. The van der Waals surface area contributed by atoms with E-state index >= 15 is 0 Å². The number of hydrogen-bond donors (Lipinski definition) is 2. The van der Waals surface area contributed by atoms with Crippen molar-refractivity contribution in [2.24, 2.45) is 10.9 Å². The second-order valence-corrected chi connectivity index (χ2v) is 4.12. The largest absolute Gasteiger partial charge is 0.353 e. The average Bonchev–Trinajstić information content (AvgIpc) is 2.78. The fraction of sp³-hybridized carbons (Fsp3) is 0.700. The summed E-state index contributed by atoms with van der Waals surface area (Å²) in [6.45, 7) is 4.51. The molecule has 0 aromatic carbocycles. The first-order chi connectivity index (χ1) is 7.69. The highest BCUT2D eigenvalue weighted by Crippen LogP contribution is 2.28. The highest BCUT2D eigenvalue weighted by Gasteiger charge is 2.33. The zero-order valence-electron chi connectivity index (χ0n) is 9.82. The van der Waals surface area contributed by atoms with Crippen LogP contribution in [0.25, 0.3) is 0 Å². The first-order valence-corrected chi connectivity index (χ1v) is 5.45. The van der Waals surface area contributed by atoms with Gasteiger partial charge in [0.05, 0.1) is 6.54 Å². The molecule has 0 amide bonds. The van der Waals surface area contributed by atoms with E-state index in [1.165, 1.54) is 6.42 Å². The van der Waals surface area contributed by atoms with Crippen molar-refractivity contribution in [3.05, 3.63) is 11.7 Å². The number of guanidine groups is 1. The minimum Gasteiger partial charge on any atom is -0.353 e.